The fraction of sp³-hybridized carbons (Fsp3) is 0.682. The molecule has 2 unspecified atom stereocenters. The number of rotatable bonds is 4. The summed E-state index contributed by atoms with van der Waals surface area (Å²) >= 11 is 1.66. The zero-order valence-electron chi connectivity index (χ0n) is 17.0. The molecule has 2 aromatic rings. The van der Waals surface area contributed by atoms with Crippen molar-refractivity contribution in [1.82, 2.24) is 14.9 Å². The van der Waals surface area contributed by atoms with Crippen molar-refractivity contribution in [2.24, 2.45) is 17.3 Å². The number of H-pyrrole nitrogens is 1. The van der Waals surface area contributed by atoms with Gasteiger partial charge in [0.15, 0.2) is 0 Å². The highest BCUT2D eigenvalue weighted by Crippen LogP contribution is 2.59. The second-order valence-electron chi connectivity index (χ2n) is 9.37. The van der Waals surface area contributed by atoms with E-state index < -0.39 is 0 Å². The first-order valence-electron chi connectivity index (χ1n) is 10.9. The molecule has 2 atom stereocenters. The summed E-state index contributed by atoms with van der Waals surface area (Å²) in [5.74, 6) is 1.88. The van der Waals surface area contributed by atoms with E-state index in [-0.39, 0.29) is 18.1 Å². The van der Waals surface area contributed by atoms with E-state index in [9.17, 15) is 14.7 Å². The Balaban J connectivity index is 1.24. The number of carbonyl (C=O) groups is 1. The maximum Gasteiger partial charge on any atom is 0.259 e. The number of piperidine rings is 1. The predicted octanol–water partition coefficient (Wildman–Crippen LogP) is 2.66. The maximum absolute atomic E-state index is 12.7. The Labute approximate surface area is 174 Å². The number of aliphatic hydroxyl groups excluding tert-OH is 1. The highest BCUT2D eigenvalue weighted by atomic mass is 32.1. The Kier molecular flexibility index (Phi) is 4.78. The zero-order valence-corrected chi connectivity index (χ0v) is 17.8. The van der Waals surface area contributed by atoms with Gasteiger partial charge in [-0.25, -0.2) is 4.98 Å². The van der Waals surface area contributed by atoms with Crippen LogP contribution < -0.4 is 5.56 Å². The van der Waals surface area contributed by atoms with Gasteiger partial charge in [-0.05, 0) is 61.3 Å². The molecule has 2 N–H and O–H groups in total. The van der Waals surface area contributed by atoms with E-state index in [1.54, 1.807) is 11.3 Å². The number of aromatic amines is 1. The number of aromatic nitrogens is 2. The van der Waals surface area contributed by atoms with E-state index in [4.69, 9.17) is 4.98 Å². The smallest absolute Gasteiger partial charge is 0.259 e. The molecule has 2 aromatic heterocycles. The van der Waals surface area contributed by atoms with Crippen LogP contribution in [0.15, 0.2) is 4.79 Å². The highest BCUT2D eigenvalue weighted by Gasteiger charge is 2.54. The first kappa shape index (κ1) is 19.2. The van der Waals surface area contributed by atoms with Crippen LogP contribution in [0, 0.1) is 17.3 Å². The van der Waals surface area contributed by atoms with E-state index in [2.05, 4.69) is 11.9 Å². The number of amides is 1. The van der Waals surface area contributed by atoms with Crippen molar-refractivity contribution in [1.29, 1.82) is 0 Å². The number of aliphatic hydroxyl groups is 1. The molecule has 3 heterocycles. The Bertz CT molecular complexity index is 1000. The van der Waals surface area contributed by atoms with E-state index in [1.807, 2.05) is 4.90 Å². The van der Waals surface area contributed by atoms with Crippen molar-refractivity contribution < 1.29 is 9.90 Å². The first-order valence-corrected chi connectivity index (χ1v) is 11.7. The van der Waals surface area contributed by atoms with Crippen LogP contribution in [0.1, 0.15) is 55.3 Å². The van der Waals surface area contributed by atoms with Crippen LogP contribution >= 0.6 is 11.3 Å². The van der Waals surface area contributed by atoms with Gasteiger partial charge in [0.1, 0.15) is 10.7 Å². The Hall–Kier alpha value is -1.73. The lowest BCUT2D eigenvalue weighted by molar-refractivity contribution is -0.132. The summed E-state index contributed by atoms with van der Waals surface area (Å²) in [5.41, 5.74) is 1.45. The molecule has 7 heteroatoms. The van der Waals surface area contributed by atoms with Gasteiger partial charge in [0.05, 0.1) is 5.39 Å². The monoisotopic (exact) mass is 415 g/mol. The molecule has 1 spiro atoms. The molecule has 1 saturated carbocycles. The lowest BCUT2D eigenvalue weighted by Crippen LogP contribution is -2.39. The van der Waals surface area contributed by atoms with Crippen LogP contribution in [-0.4, -0.2) is 45.6 Å². The molecule has 2 fully saturated rings. The summed E-state index contributed by atoms with van der Waals surface area (Å²) in [6, 6.07) is 0. The Morgan fingerprint density at radius 1 is 1.38 bits per heavy atom. The topological polar surface area (TPSA) is 86.3 Å². The number of hydrogen-bond acceptors (Lipinski definition) is 5. The van der Waals surface area contributed by atoms with Crippen LogP contribution in [-0.2, 0) is 24.1 Å². The van der Waals surface area contributed by atoms with Crippen LogP contribution in [0.4, 0.5) is 0 Å². The minimum Gasteiger partial charge on any atom is -0.396 e. The molecule has 6 nitrogen and oxygen atoms in total. The summed E-state index contributed by atoms with van der Waals surface area (Å²) in [6.07, 6.45) is 7.11. The van der Waals surface area contributed by atoms with Crippen molar-refractivity contribution in [3.63, 3.8) is 0 Å². The van der Waals surface area contributed by atoms with E-state index >= 15 is 0 Å². The normalized spacial score (nSPS) is 25.4. The van der Waals surface area contributed by atoms with Gasteiger partial charge in [-0.15, -0.1) is 11.3 Å². The lowest BCUT2D eigenvalue weighted by Gasteiger charge is -2.33. The number of aryl methyl sites for hydroxylation is 2. The third-order valence-corrected chi connectivity index (χ3v) is 8.63. The molecule has 5 rings (SSSR count). The molecular formula is C22H29N3O3S. The fourth-order valence-corrected chi connectivity index (χ4v) is 6.80. The number of hydrogen-bond donors (Lipinski definition) is 2. The van der Waals surface area contributed by atoms with Gasteiger partial charge in [-0.2, -0.15) is 0 Å². The number of fused-ring (bicyclic) bond motifs is 3. The quantitative estimate of drug-likeness (QED) is 0.804. The molecule has 1 aliphatic heterocycles. The fourth-order valence-electron chi connectivity index (χ4n) is 5.40. The van der Waals surface area contributed by atoms with Crippen molar-refractivity contribution in [2.45, 2.75) is 58.3 Å². The Morgan fingerprint density at radius 2 is 2.17 bits per heavy atom. The van der Waals surface area contributed by atoms with Crippen molar-refractivity contribution in [2.75, 3.05) is 19.7 Å². The summed E-state index contributed by atoms with van der Waals surface area (Å²) < 4.78 is 0. The lowest BCUT2D eigenvalue weighted by atomic mass is 9.89. The highest BCUT2D eigenvalue weighted by molar-refractivity contribution is 7.18. The average molecular weight is 416 g/mol. The SMILES string of the molecule is CC1CCc2c(sc3nc(CCC(=O)N4CCC5(CC4)CC5CO)[nH]c(=O)c23)C1. The summed E-state index contributed by atoms with van der Waals surface area (Å²) in [5, 5.41) is 10.1. The van der Waals surface area contributed by atoms with E-state index in [1.165, 1.54) is 10.4 Å². The van der Waals surface area contributed by atoms with Gasteiger partial charge in [0.25, 0.3) is 5.56 Å². The number of likely N-dealkylation sites (tertiary alicyclic amines) is 1. The molecule has 1 saturated heterocycles. The molecule has 0 radical (unpaired) electrons. The third kappa shape index (κ3) is 3.42. The van der Waals surface area contributed by atoms with Gasteiger partial charge >= 0.3 is 0 Å². The number of nitrogens with one attached hydrogen (secondary N) is 1. The van der Waals surface area contributed by atoms with Crippen molar-refractivity contribution in [3.05, 3.63) is 26.6 Å². The van der Waals surface area contributed by atoms with Crippen molar-refractivity contribution in [3.8, 4) is 0 Å². The minimum absolute atomic E-state index is 0.0480. The first-order chi connectivity index (χ1) is 14.0. The third-order valence-electron chi connectivity index (χ3n) is 7.48. The van der Waals surface area contributed by atoms with E-state index in [0.717, 1.165) is 61.8 Å². The maximum atomic E-state index is 12.7. The average Bonchev–Trinajstić information content (AvgIpc) is 3.25. The minimum atomic E-state index is -0.0480. The molecule has 156 valence electrons. The number of nitrogens with zero attached hydrogens (tertiary/aromatic N) is 2. The second-order valence-corrected chi connectivity index (χ2v) is 10.5. The molecule has 29 heavy (non-hydrogen) atoms. The van der Waals surface area contributed by atoms with Crippen LogP contribution in [0.2, 0.25) is 0 Å². The summed E-state index contributed by atoms with van der Waals surface area (Å²) in [7, 11) is 0. The molecular weight excluding hydrogens is 386 g/mol. The zero-order chi connectivity index (χ0) is 20.2. The van der Waals surface area contributed by atoms with Gasteiger partial charge in [-0.3, -0.25) is 9.59 Å². The van der Waals surface area contributed by atoms with Gasteiger partial charge in [0.2, 0.25) is 5.91 Å². The van der Waals surface area contributed by atoms with Crippen LogP contribution in [0.5, 0.6) is 0 Å². The standard InChI is InChI=1S/C22H29N3O3S/c1-13-2-3-15-16(10-13)29-21-19(15)20(28)23-17(24-21)4-5-18(27)25-8-6-22(7-9-25)11-14(22)12-26/h13-14,26H,2-12H2,1H3,(H,23,24,28). The van der Waals surface area contributed by atoms with Gasteiger partial charge < -0.3 is 15.0 Å². The number of thiophene rings is 1. The van der Waals surface area contributed by atoms with Gasteiger partial charge in [0, 0.05) is 37.4 Å². The van der Waals surface area contributed by atoms with Crippen LogP contribution in [0.3, 0.4) is 0 Å². The second kappa shape index (κ2) is 7.20. The Morgan fingerprint density at radius 3 is 2.90 bits per heavy atom. The largest absolute Gasteiger partial charge is 0.396 e. The van der Waals surface area contributed by atoms with Crippen molar-refractivity contribution >= 4 is 27.5 Å². The summed E-state index contributed by atoms with van der Waals surface area (Å²) in [4.78, 5) is 37.1. The molecule has 3 aliphatic rings. The predicted molar refractivity (Wildman–Crippen MR) is 113 cm³/mol. The number of carbonyl (C=O) groups excluding carboxylic acids is 1. The van der Waals surface area contributed by atoms with Crippen LogP contribution in [0.25, 0.3) is 10.2 Å². The molecule has 0 bridgehead atoms. The van der Waals surface area contributed by atoms with E-state index in [0.29, 0.717) is 35.9 Å². The molecule has 1 amide bonds. The molecule has 0 aromatic carbocycles. The molecule has 2 aliphatic carbocycles. The van der Waals surface area contributed by atoms with Gasteiger partial charge in [-0.1, -0.05) is 6.92 Å². The summed E-state index contributed by atoms with van der Waals surface area (Å²) in [6.45, 7) is 4.11.